The monoisotopic (exact) mass is 491 g/mol. The highest BCUT2D eigenvalue weighted by molar-refractivity contribution is 7.02. The van der Waals surface area contributed by atoms with Crippen molar-refractivity contribution >= 4 is 30.7 Å². The second-order valence-electron chi connectivity index (χ2n) is 11.1. The molecular weight excluding hydrogens is 442 g/mol. The summed E-state index contributed by atoms with van der Waals surface area (Å²) in [7, 11) is -1.94. The van der Waals surface area contributed by atoms with Gasteiger partial charge in [-0.05, 0) is 45.9 Å². The van der Waals surface area contributed by atoms with Gasteiger partial charge in [-0.3, -0.25) is 0 Å². The minimum absolute atomic E-state index is 0.360. The van der Waals surface area contributed by atoms with Crippen molar-refractivity contribution in [3.8, 4) is 5.75 Å². The van der Waals surface area contributed by atoms with Gasteiger partial charge in [-0.15, -0.1) is 0 Å². The fourth-order valence-electron chi connectivity index (χ4n) is 5.76. The third kappa shape index (κ3) is 8.34. The summed E-state index contributed by atoms with van der Waals surface area (Å²) in [5.74, 6) is 0.360. The lowest BCUT2D eigenvalue weighted by molar-refractivity contribution is 0.476. The van der Waals surface area contributed by atoms with Crippen LogP contribution in [0.15, 0.2) is 41.4 Å². The summed E-state index contributed by atoms with van der Waals surface area (Å²) >= 11 is 0. The molecule has 0 saturated carbocycles. The van der Waals surface area contributed by atoms with E-state index in [0.29, 0.717) is 5.75 Å². The quantitative estimate of drug-likeness (QED) is 0.180. The average molecular weight is 492 g/mol. The molecule has 0 aromatic heterocycles. The summed E-state index contributed by atoms with van der Waals surface area (Å²) < 4.78 is 0. The first-order chi connectivity index (χ1) is 17.0. The third-order valence-electron chi connectivity index (χ3n) is 8.00. The highest BCUT2D eigenvalue weighted by Gasteiger charge is 2.37. The van der Waals surface area contributed by atoms with Crippen LogP contribution in [0.4, 0.5) is 5.69 Å². The van der Waals surface area contributed by atoms with Crippen molar-refractivity contribution in [2.24, 2.45) is 4.99 Å². The van der Waals surface area contributed by atoms with Gasteiger partial charge in [0.05, 0.1) is 11.0 Å². The Morgan fingerprint density at radius 3 is 1.80 bits per heavy atom. The molecule has 0 aliphatic carbocycles. The molecule has 1 N–H and O–H groups in total. The Labute approximate surface area is 215 Å². The number of benzene rings is 2. The Morgan fingerprint density at radius 1 is 0.686 bits per heavy atom. The van der Waals surface area contributed by atoms with Crippen LogP contribution in [-0.4, -0.2) is 13.2 Å². The smallest absolute Gasteiger partial charge is 0.121 e. The zero-order valence-electron chi connectivity index (χ0n) is 22.6. The van der Waals surface area contributed by atoms with Crippen LogP contribution in [0.25, 0.3) is 6.58 Å². The van der Waals surface area contributed by atoms with Crippen molar-refractivity contribution in [1.82, 2.24) is 0 Å². The lowest BCUT2D eigenvalue weighted by Crippen LogP contribution is -2.63. The predicted octanol–water partition coefficient (Wildman–Crippen LogP) is 7.52. The van der Waals surface area contributed by atoms with Gasteiger partial charge in [-0.25, -0.2) is 4.99 Å². The summed E-state index contributed by atoms with van der Waals surface area (Å²) in [4.78, 5) is 4.91. The summed E-state index contributed by atoms with van der Waals surface area (Å²) in [6, 6.07) is 13.4. The molecule has 0 radical (unpaired) electrons. The molecule has 1 heterocycles. The van der Waals surface area contributed by atoms with E-state index in [1.165, 1.54) is 119 Å². The van der Waals surface area contributed by atoms with Gasteiger partial charge in [0, 0.05) is 0 Å². The van der Waals surface area contributed by atoms with E-state index in [-0.39, 0.29) is 0 Å². The number of rotatable bonds is 17. The molecule has 1 aliphatic rings. The zero-order valence-corrected chi connectivity index (χ0v) is 23.6. The summed E-state index contributed by atoms with van der Waals surface area (Å²) in [6.07, 6.45) is 22.4. The highest BCUT2D eigenvalue weighted by Crippen LogP contribution is 2.25. The molecule has 192 valence electrons. The number of fused-ring (bicyclic) bond motifs is 2. The standard InChI is InChI=1S/C32H49NOSi/c1-4-5-6-7-8-9-10-11-12-13-14-15-16-17-18-19-24-35(3)31-25-27(2)20-22-29(31)33-30-23-21-28(34)26-32(30)35/h20-23,25-26,34H,2,4-19,24H2,1,3H3. The molecule has 0 bridgehead atoms. The largest absolute Gasteiger partial charge is 0.508 e. The van der Waals surface area contributed by atoms with Crippen LogP contribution in [0, 0.1) is 0 Å². The molecule has 1 aliphatic heterocycles. The van der Waals surface area contributed by atoms with Crippen molar-refractivity contribution in [3.05, 3.63) is 47.0 Å². The lowest BCUT2D eigenvalue weighted by Gasteiger charge is -2.33. The molecule has 1 unspecified atom stereocenters. The van der Waals surface area contributed by atoms with Crippen LogP contribution >= 0.6 is 0 Å². The van der Waals surface area contributed by atoms with Gasteiger partial charge in [-0.1, -0.05) is 135 Å². The van der Waals surface area contributed by atoms with Crippen LogP contribution in [0.1, 0.15) is 110 Å². The number of phenolic OH excluding ortho intramolecular Hbond substituents is 1. The number of hydrogen-bond donors (Lipinski definition) is 1. The van der Waals surface area contributed by atoms with E-state index in [0.717, 1.165) is 16.3 Å². The molecule has 0 amide bonds. The molecule has 0 spiro atoms. The van der Waals surface area contributed by atoms with E-state index < -0.39 is 8.07 Å². The van der Waals surface area contributed by atoms with E-state index in [9.17, 15) is 5.11 Å². The topological polar surface area (TPSA) is 32.6 Å². The molecule has 35 heavy (non-hydrogen) atoms. The van der Waals surface area contributed by atoms with Crippen LogP contribution in [0.3, 0.4) is 0 Å². The normalized spacial score (nSPS) is 16.5. The van der Waals surface area contributed by atoms with Gasteiger partial charge < -0.3 is 5.11 Å². The average Bonchev–Trinajstić information content (AvgIpc) is 2.85. The Hall–Kier alpha value is -1.87. The maximum absolute atomic E-state index is 10.2. The first-order valence-electron chi connectivity index (χ1n) is 14.6. The Bertz CT molecular complexity index is 1020. The minimum Gasteiger partial charge on any atom is -0.508 e. The molecule has 2 aromatic rings. The van der Waals surface area contributed by atoms with E-state index in [1.54, 1.807) is 6.07 Å². The van der Waals surface area contributed by atoms with E-state index in [2.05, 4.69) is 38.2 Å². The molecule has 1 atom stereocenters. The van der Waals surface area contributed by atoms with Gasteiger partial charge in [-0.2, -0.15) is 0 Å². The van der Waals surface area contributed by atoms with Crippen molar-refractivity contribution in [2.75, 3.05) is 0 Å². The molecule has 3 heteroatoms. The molecule has 3 rings (SSSR count). The number of unbranched alkanes of at least 4 members (excludes halogenated alkanes) is 15. The Balaban J connectivity index is 1.34. The summed E-state index contributed by atoms with van der Waals surface area (Å²) in [5, 5.41) is 15.1. The molecule has 0 saturated heterocycles. The zero-order chi connectivity index (χ0) is 24.9. The molecule has 2 nitrogen and oxygen atoms in total. The molecule has 0 fully saturated rings. The third-order valence-corrected chi connectivity index (χ3v) is 12.5. The van der Waals surface area contributed by atoms with Crippen LogP contribution in [0.5, 0.6) is 5.75 Å². The van der Waals surface area contributed by atoms with E-state index in [1.807, 2.05) is 12.1 Å². The maximum Gasteiger partial charge on any atom is 0.121 e. The second kappa shape index (κ2) is 14.6. The van der Waals surface area contributed by atoms with Crippen molar-refractivity contribution in [1.29, 1.82) is 0 Å². The van der Waals surface area contributed by atoms with E-state index in [4.69, 9.17) is 4.99 Å². The van der Waals surface area contributed by atoms with Crippen molar-refractivity contribution < 1.29 is 5.11 Å². The SMILES string of the molecule is C=c1ccc2c(c1)[Si](C)(CCCCCCCCCCCCCCCCCC)c1cc(O)ccc1N=2. The second-order valence-corrected chi connectivity index (χ2v) is 15.3. The highest BCUT2D eigenvalue weighted by atomic mass is 28.3. The van der Waals surface area contributed by atoms with Gasteiger partial charge in [0.25, 0.3) is 0 Å². The number of hydrogen-bond acceptors (Lipinski definition) is 2. The number of aromatic hydroxyl groups is 1. The predicted molar refractivity (Wildman–Crippen MR) is 156 cm³/mol. The van der Waals surface area contributed by atoms with Gasteiger partial charge in [0.1, 0.15) is 13.8 Å². The first kappa shape index (κ1) is 27.7. The van der Waals surface area contributed by atoms with E-state index >= 15 is 0 Å². The minimum atomic E-state index is -1.94. The molecular formula is C32H49NOSi. The number of nitrogens with zero attached hydrogens (tertiary/aromatic N) is 1. The van der Waals surface area contributed by atoms with Crippen molar-refractivity contribution in [3.63, 3.8) is 0 Å². The van der Waals surface area contributed by atoms with Crippen molar-refractivity contribution in [2.45, 2.75) is 122 Å². The fourth-order valence-corrected chi connectivity index (χ4v) is 9.92. The fraction of sp³-hybridized carbons (Fsp3) is 0.594. The summed E-state index contributed by atoms with van der Waals surface area (Å²) in [5.41, 5.74) is 1.05. The first-order valence-corrected chi connectivity index (χ1v) is 17.3. The van der Waals surface area contributed by atoms with Crippen LogP contribution < -0.4 is 20.9 Å². The maximum atomic E-state index is 10.2. The van der Waals surface area contributed by atoms with Gasteiger partial charge in [0.15, 0.2) is 0 Å². The number of phenols is 1. The van der Waals surface area contributed by atoms with Gasteiger partial charge in [0.2, 0.25) is 0 Å². The summed E-state index contributed by atoms with van der Waals surface area (Å²) in [6.45, 7) is 8.93. The molecule has 2 aromatic carbocycles. The Morgan fingerprint density at radius 2 is 1.23 bits per heavy atom. The Kier molecular flexibility index (Phi) is 11.6. The van der Waals surface area contributed by atoms with Crippen LogP contribution in [-0.2, 0) is 0 Å². The van der Waals surface area contributed by atoms with Crippen LogP contribution in [0.2, 0.25) is 12.6 Å². The lowest BCUT2D eigenvalue weighted by atomic mass is 10.0. The van der Waals surface area contributed by atoms with Gasteiger partial charge >= 0.3 is 0 Å².